The predicted molar refractivity (Wildman–Crippen MR) is 87.6 cm³/mol. The number of hydrogen-bond donors (Lipinski definition) is 1. The summed E-state index contributed by atoms with van der Waals surface area (Å²) in [6, 6.07) is 12.5. The summed E-state index contributed by atoms with van der Waals surface area (Å²) in [5.74, 6) is 0.809. The topological polar surface area (TPSA) is 58.9 Å². The normalized spacial score (nSPS) is 11.4. The molecule has 22 heavy (non-hydrogen) atoms. The Balaban J connectivity index is 2.01. The van der Waals surface area contributed by atoms with E-state index in [2.05, 4.69) is 9.97 Å². The SMILES string of the molecule is O=c1[nH]c(-c2cc3ccccc3o2)nc2c(Cl)cc(Cl)cc12. The molecule has 4 aromatic rings. The second kappa shape index (κ2) is 4.87. The van der Waals surface area contributed by atoms with Gasteiger partial charge < -0.3 is 9.40 Å². The van der Waals surface area contributed by atoms with Gasteiger partial charge in [-0.3, -0.25) is 4.79 Å². The van der Waals surface area contributed by atoms with Gasteiger partial charge in [0.05, 0.1) is 15.9 Å². The summed E-state index contributed by atoms with van der Waals surface area (Å²) in [5, 5.41) is 1.99. The fourth-order valence-electron chi connectivity index (χ4n) is 2.38. The van der Waals surface area contributed by atoms with Crippen molar-refractivity contribution in [1.29, 1.82) is 0 Å². The first kappa shape index (κ1) is 13.4. The Morgan fingerprint density at radius 2 is 1.91 bits per heavy atom. The molecule has 0 saturated carbocycles. The highest BCUT2D eigenvalue weighted by Crippen LogP contribution is 2.28. The minimum atomic E-state index is -0.315. The first-order valence-corrected chi connectivity index (χ1v) is 7.25. The smallest absolute Gasteiger partial charge is 0.259 e. The number of aromatic nitrogens is 2. The van der Waals surface area contributed by atoms with Crippen LogP contribution in [-0.4, -0.2) is 9.97 Å². The summed E-state index contributed by atoms with van der Waals surface area (Å²) in [6.45, 7) is 0. The molecule has 0 saturated heterocycles. The van der Waals surface area contributed by atoms with Crippen LogP contribution < -0.4 is 5.56 Å². The third-order valence-corrected chi connectivity index (χ3v) is 3.89. The second-order valence-corrected chi connectivity index (χ2v) is 5.69. The Bertz CT molecular complexity index is 1050. The van der Waals surface area contributed by atoms with Gasteiger partial charge in [-0.15, -0.1) is 0 Å². The monoisotopic (exact) mass is 330 g/mol. The minimum Gasteiger partial charge on any atom is -0.453 e. The molecule has 0 atom stereocenters. The molecule has 0 bridgehead atoms. The van der Waals surface area contributed by atoms with Crippen molar-refractivity contribution < 1.29 is 4.42 Å². The highest BCUT2D eigenvalue weighted by molar-refractivity contribution is 6.38. The molecule has 1 N–H and O–H groups in total. The molecule has 2 aromatic carbocycles. The number of rotatable bonds is 1. The fraction of sp³-hybridized carbons (Fsp3) is 0. The van der Waals surface area contributed by atoms with Crippen LogP contribution in [0.2, 0.25) is 10.0 Å². The van der Waals surface area contributed by atoms with Crippen LogP contribution in [0.25, 0.3) is 33.5 Å². The van der Waals surface area contributed by atoms with Crippen LogP contribution in [0.1, 0.15) is 0 Å². The van der Waals surface area contributed by atoms with Gasteiger partial charge in [0.25, 0.3) is 5.56 Å². The van der Waals surface area contributed by atoms with E-state index in [0.29, 0.717) is 32.5 Å². The summed E-state index contributed by atoms with van der Waals surface area (Å²) in [6.07, 6.45) is 0. The van der Waals surface area contributed by atoms with E-state index in [1.165, 1.54) is 6.07 Å². The Labute approximate surface area is 134 Å². The average molecular weight is 331 g/mol. The number of para-hydroxylation sites is 1. The van der Waals surface area contributed by atoms with Gasteiger partial charge in [0.2, 0.25) is 0 Å². The van der Waals surface area contributed by atoms with Crippen molar-refractivity contribution in [2.45, 2.75) is 0 Å². The largest absolute Gasteiger partial charge is 0.453 e. The van der Waals surface area contributed by atoms with Crippen LogP contribution in [0, 0.1) is 0 Å². The maximum absolute atomic E-state index is 12.2. The zero-order chi connectivity index (χ0) is 15.3. The average Bonchev–Trinajstić information content (AvgIpc) is 2.92. The summed E-state index contributed by atoms with van der Waals surface area (Å²) in [4.78, 5) is 19.3. The van der Waals surface area contributed by atoms with E-state index in [9.17, 15) is 4.79 Å². The summed E-state index contributed by atoms with van der Waals surface area (Å²) in [7, 11) is 0. The molecule has 6 heteroatoms. The zero-order valence-corrected chi connectivity index (χ0v) is 12.6. The van der Waals surface area contributed by atoms with Crippen LogP contribution in [0.5, 0.6) is 0 Å². The first-order chi connectivity index (χ1) is 10.6. The highest BCUT2D eigenvalue weighted by atomic mass is 35.5. The number of aromatic amines is 1. The third-order valence-electron chi connectivity index (χ3n) is 3.39. The third kappa shape index (κ3) is 2.08. The zero-order valence-electron chi connectivity index (χ0n) is 11.1. The van der Waals surface area contributed by atoms with E-state index >= 15 is 0 Å². The van der Waals surface area contributed by atoms with Crippen LogP contribution in [-0.2, 0) is 0 Å². The van der Waals surface area contributed by atoms with Crippen LogP contribution in [0.15, 0.2) is 51.7 Å². The van der Waals surface area contributed by atoms with Gasteiger partial charge in [-0.25, -0.2) is 4.98 Å². The fourth-order valence-corrected chi connectivity index (χ4v) is 2.92. The molecule has 0 aliphatic heterocycles. The van der Waals surface area contributed by atoms with Crippen molar-refractivity contribution in [3.05, 3.63) is 62.9 Å². The molecule has 0 unspecified atom stereocenters. The number of hydrogen-bond acceptors (Lipinski definition) is 3. The first-order valence-electron chi connectivity index (χ1n) is 6.50. The molecule has 4 rings (SSSR count). The van der Waals surface area contributed by atoms with Gasteiger partial charge in [-0.05, 0) is 24.3 Å². The summed E-state index contributed by atoms with van der Waals surface area (Å²) >= 11 is 12.1. The van der Waals surface area contributed by atoms with E-state index < -0.39 is 0 Å². The lowest BCUT2D eigenvalue weighted by Crippen LogP contribution is -2.09. The minimum absolute atomic E-state index is 0.315. The molecule has 4 nitrogen and oxygen atoms in total. The van der Waals surface area contributed by atoms with Crippen molar-refractivity contribution in [2.24, 2.45) is 0 Å². The number of benzene rings is 2. The van der Waals surface area contributed by atoms with Crippen molar-refractivity contribution in [3.63, 3.8) is 0 Å². The molecular formula is C16H8Cl2N2O2. The molecule has 108 valence electrons. The van der Waals surface area contributed by atoms with Gasteiger partial charge in [0.1, 0.15) is 5.58 Å². The number of nitrogens with zero attached hydrogens (tertiary/aromatic N) is 1. The molecule has 0 aliphatic carbocycles. The van der Waals surface area contributed by atoms with E-state index in [1.807, 2.05) is 30.3 Å². The van der Waals surface area contributed by atoms with E-state index in [-0.39, 0.29) is 5.56 Å². The number of H-pyrrole nitrogens is 1. The molecule has 0 fully saturated rings. The van der Waals surface area contributed by atoms with Crippen molar-refractivity contribution in [3.8, 4) is 11.6 Å². The maximum Gasteiger partial charge on any atom is 0.259 e. The van der Waals surface area contributed by atoms with Crippen molar-refractivity contribution in [1.82, 2.24) is 9.97 Å². The summed E-state index contributed by atoms with van der Waals surface area (Å²) in [5.41, 5.74) is 0.803. The van der Waals surface area contributed by atoms with E-state index in [4.69, 9.17) is 27.6 Å². The van der Waals surface area contributed by atoms with Crippen molar-refractivity contribution in [2.75, 3.05) is 0 Å². The van der Waals surface area contributed by atoms with E-state index in [0.717, 1.165) is 11.0 Å². The lowest BCUT2D eigenvalue weighted by Gasteiger charge is -2.03. The van der Waals surface area contributed by atoms with Gasteiger partial charge in [0.15, 0.2) is 11.6 Å². The van der Waals surface area contributed by atoms with Crippen LogP contribution >= 0.6 is 23.2 Å². The molecule has 0 spiro atoms. The lowest BCUT2D eigenvalue weighted by molar-refractivity contribution is 0.625. The molecule has 2 aromatic heterocycles. The van der Waals surface area contributed by atoms with E-state index in [1.54, 1.807) is 6.07 Å². The van der Waals surface area contributed by atoms with Crippen LogP contribution in [0.4, 0.5) is 0 Å². The highest BCUT2D eigenvalue weighted by Gasteiger charge is 2.13. The number of nitrogens with one attached hydrogen (secondary N) is 1. The van der Waals surface area contributed by atoms with Gasteiger partial charge >= 0.3 is 0 Å². The van der Waals surface area contributed by atoms with Gasteiger partial charge in [-0.2, -0.15) is 0 Å². The Morgan fingerprint density at radius 3 is 2.73 bits per heavy atom. The van der Waals surface area contributed by atoms with Gasteiger partial charge in [0, 0.05) is 10.4 Å². The molecular weight excluding hydrogens is 323 g/mol. The lowest BCUT2D eigenvalue weighted by atomic mass is 10.2. The summed E-state index contributed by atoms with van der Waals surface area (Å²) < 4.78 is 5.72. The standard InChI is InChI=1S/C16H8Cl2N2O2/c17-9-6-10-14(11(18)7-9)19-15(20-16(10)21)13-5-8-3-1-2-4-12(8)22-13/h1-7H,(H,19,20,21). The number of halogens is 2. The van der Waals surface area contributed by atoms with Crippen LogP contribution in [0.3, 0.4) is 0 Å². The Morgan fingerprint density at radius 1 is 1.09 bits per heavy atom. The molecule has 0 radical (unpaired) electrons. The molecule has 0 amide bonds. The quantitative estimate of drug-likeness (QED) is 0.553. The molecule has 0 aliphatic rings. The Hall–Kier alpha value is -2.30. The number of furan rings is 1. The maximum atomic E-state index is 12.2. The van der Waals surface area contributed by atoms with Crippen molar-refractivity contribution >= 4 is 45.1 Å². The van der Waals surface area contributed by atoms with Gasteiger partial charge in [-0.1, -0.05) is 41.4 Å². The molecule has 2 heterocycles. The second-order valence-electron chi connectivity index (χ2n) is 4.85. The predicted octanol–water partition coefficient (Wildman–Crippen LogP) is 4.64. The number of fused-ring (bicyclic) bond motifs is 2. The Kier molecular flexibility index (Phi) is 2.96.